The average molecular weight is 429 g/mol. The summed E-state index contributed by atoms with van der Waals surface area (Å²) in [5.74, 6) is 1.57. The highest BCUT2D eigenvalue weighted by atomic mass is 16.2. The number of carbonyl (C=O) groups is 1. The van der Waals surface area contributed by atoms with Crippen molar-refractivity contribution in [2.24, 2.45) is 0 Å². The number of carbonyl (C=O) groups excluding carboxylic acids is 1. The van der Waals surface area contributed by atoms with Gasteiger partial charge < -0.3 is 14.8 Å². The quantitative estimate of drug-likeness (QED) is 0.493. The van der Waals surface area contributed by atoms with Gasteiger partial charge in [-0.3, -0.25) is 9.89 Å². The highest BCUT2D eigenvalue weighted by Crippen LogP contribution is 2.29. The second-order valence-electron chi connectivity index (χ2n) is 8.40. The van der Waals surface area contributed by atoms with Crippen LogP contribution in [0.1, 0.15) is 28.9 Å². The number of aromatic amines is 1. The van der Waals surface area contributed by atoms with Crippen molar-refractivity contribution in [3.8, 4) is 11.5 Å². The lowest BCUT2D eigenvalue weighted by Gasteiger charge is -2.26. The molecule has 0 saturated carbocycles. The monoisotopic (exact) mass is 429 g/mol. The maximum Gasteiger partial charge on any atom is 0.224 e. The summed E-state index contributed by atoms with van der Waals surface area (Å²) >= 11 is 0. The second kappa shape index (κ2) is 7.70. The number of nitrogens with one attached hydrogen (secondary N) is 2. The fraction of sp³-hybridized carbons (Fsp3) is 0.364. The Balaban J connectivity index is 1.13. The molecule has 0 atom stereocenters. The third-order valence-corrected chi connectivity index (χ3v) is 6.39. The van der Waals surface area contributed by atoms with Crippen LogP contribution in [0.5, 0.6) is 0 Å². The molecule has 2 N–H and O–H groups in total. The van der Waals surface area contributed by atoms with Gasteiger partial charge in [-0.05, 0) is 24.0 Å². The van der Waals surface area contributed by atoms with Crippen molar-refractivity contribution in [2.45, 2.75) is 44.8 Å². The Bertz CT molecular complexity index is 1220. The van der Waals surface area contributed by atoms with Gasteiger partial charge in [-0.2, -0.15) is 0 Å². The Morgan fingerprint density at radius 2 is 2.00 bits per heavy atom. The maximum absolute atomic E-state index is 12.8. The number of benzene rings is 1. The standard InChI is InChI=1S/C22H23N9O/c32-19(30-7-5-17-18(11-30)28-29-27-17)6-8-31-13-25-21(20-22(31)24-12-23-20)26-16-9-14-3-1-2-4-15(14)10-16/h1-4,12-13,16,26H,5-11H2,(H,27,28,29). The molecular formula is C22H23N9O. The molecule has 4 heterocycles. The first kappa shape index (κ1) is 18.9. The van der Waals surface area contributed by atoms with Gasteiger partial charge in [0.1, 0.15) is 12.0 Å². The van der Waals surface area contributed by atoms with Gasteiger partial charge in [0, 0.05) is 32.0 Å². The number of nitrogens with zero attached hydrogens (tertiary/aromatic N) is 7. The summed E-state index contributed by atoms with van der Waals surface area (Å²) in [5.41, 5.74) is 5.38. The SMILES string of the molecule is O=C(CCn1cnc(NC2Cc3ccccc3C2)c2ncnc1-2)N1CCc2[nH]nnc2C1. The number of rotatable bonds is 5. The summed E-state index contributed by atoms with van der Waals surface area (Å²) in [6, 6.07) is 8.83. The first-order valence-corrected chi connectivity index (χ1v) is 10.9. The summed E-state index contributed by atoms with van der Waals surface area (Å²) in [4.78, 5) is 28.1. The van der Waals surface area contributed by atoms with E-state index in [1.807, 2.05) is 9.47 Å². The second-order valence-corrected chi connectivity index (χ2v) is 8.40. The molecule has 32 heavy (non-hydrogen) atoms. The Morgan fingerprint density at radius 3 is 2.84 bits per heavy atom. The molecule has 0 fully saturated rings. The third kappa shape index (κ3) is 3.37. The average Bonchev–Trinajstić information content (AvgIpc) is 3.56. The topological polar surface area (TPSA) is 118 Å². The largest absolute Gasteiger partial charge is 0.365 e. The Morgan fingerprint density at radius 1 is 1.16 bits per heavy atom. The van der Waals surface area contributed by atoms with E-state index in [0.29, 0.717) is 26.1 Å². The van der Waals surface area contributed by atoms with E-state index in [0.717, 1.165) is 48.0 Å². The van der Waals surface area contributed by atoms with Gasteiger partial charge >= 0.3 is 0 Å². The van der Waals surface area contributed by atoms with E-state index in [1.54, 1.807) is 12.7 Å². The lowest BCUT2D eigenvalue weighted by atomic mass is 10.1. The Labute approximate surface area is 184 Å². The molecule has 1 aliphatic carbocycles. The van der Waals surface area contributed by atoms with Gasteiger partial charge in [0.2, 0.25) is 5.91 Å². The smallest absolute Gasteiger partial charge is 0.224 e. The number of H-pyrrole nitrogens is 1. The van der Waals surface area contributed by atoms with Crippen molar-refractivity contribution in [1.82, 2.24) is 39.8 Å². The zero-order valence-electron chi connectivity index (χ0n) is 17.5. The van der Waals surface area contributed by atoms with Crippen molar-refractivity contribution < 1.29 is 4.79 Å². The van der Waals surface area contributed by atoms with Crippen LogP contribution in [0.25, 0.3) is 11.5 Å². The molecule has 10 nitrogen and oxygen atoms in total. The van der Waals surface area contributed by atoms with E-state index < -0.39 is 0 Å². The minimum absolute atomic E-state index is 0.0877. The molecule has 0 bridgehead atoms. The fourth-order valence-corrected chi connectivity index (χ4v) is 4.70. The molecular weight excluding hydrogens is 406 g/mol. The van der Waals surface area contributed by atoms with Crippen LogP contribution in [0.4, 0.5) is 5.82 Å². The molecule has 6 rings (SSSR count). The van der Waals surface area contributed by atoms with Crippen LogP contribution < -0.4 is 5.32 Å². The van der Waals surface area contributed by atoms with Gasteiger partial charge in [-0.15, -0.1) is 5.10 Å². The number of anilines is 1. The van der Waals surface area contributed by atoms with Crippen molar-refractivity contribution in [3.05, 3.63) is 59.4 Å². The van der Waals surface area contributed by atoms with Gasteiger partial charge in [0.05, 0.1) is 18.6 Å². The lowest BCUT2D eigenvalue weighted by molar-refractivity contribution is -0.132. The molecule has 1 aromatic heterocycles. The molecule has 0 unspecified atom stereocenters. The van der Waals surface area contributed by atoms with Gasteiger partial charge in [0.25, 0.3) is 0 Å². The van der Waals surface area contributed by atoms with Crippen molar-refractivity contribution in [1.29, 1.82) is 0 Å². The third-order valence-electron chi connectivity index (χ3n) is 6.39. The summed E-state index contributed by atoms with van der Waals surface area (Å²) in [7, 11) is 0. The molecule has 0 radical (unpaired) electrons. The molecule has 4 aliphatic rings. The number of imidazole rings is 1. The number of amides is 1. The van der Waals surface area contributed by atoms with E-state index in [4.69, 9.17) is 0 Å². The summed E-state index contributed by atoms with van der Waals surface area (Å²) in [6.07, 6.45) is 6.37. The number of aryl methyl sites for hydroxylation is 1. The zero-order valence-corrected chi connectivity index (χ0v) is 17.5. The molecule has 162 valence electrons. The predicted octanol–water partition coefficient (Wildman–Crippen LogP) is 1.45. The van der Waals surface area contributed by atoms with Crippen LogP contribution >= 0.6 is 0 Å². The maximum atomic E-state index is 12.8. The number of hydrogen-bond donors (Lipinski definition) is 2. The minimum atomic E-state index is 0.0877. The summed E-state index contributed by atoms with van der Waals surface area (Å²) in [5, 5.41) is 14.3. The van der Waals surface area contributed by atoms with Crippen LogP contribution in [0, 0.1) is 0 Å². The Hall–Kier alpha value is -3.82. The van der Waals surface area contributed by atoms with Gasteiger partial charge in [-0.25, -0.2) is 15.0 Å². The van der Waals surface area contributed by atoms with Crippen molar-refractivity contribution in [2.75, 3.05) is 11.9 Å². The van der Waals surface area contributed by atoms with E-state index in [1.165, 1.54) is 11.1 Å². The number of hydrogen-bond acceptors (Lipinski definition) is 7. The van der Waals surface area contributed by atoms with E-state index in [-0.39, 0.29) is 11.9 Å². The summed E-state index contributed by atoms with van der Waals surface area (Å²) < 4.78 is 1.90. The molecule has 10 heteroatoms. The van der Waals surface area contributed by atoms with Crippen molar-refractivity contribution >= 4 is 11.7 Å². The fourth-order valence-electron chi connectivity index (χ4n) is 4.70. The van der Waals surface area contributed by atoms with Crippen LogP contribution in [0.3, 0.4) is 0 Å². The van der Waals surface area contributed by atoms with Crippen LogP contribution in [-0.4, -0.2) is 58.3 Å². The zero-order chi connectivity index (χ0) is 21.5. The van der Waals surface area contributed by atoms with Crippen LogP contribution in [-0.2, 0) is 37.1 Å². The first-order valence-electron chi connectivity index (χ1n) is 10.9. The van der Waals surface area contributed by atoms with Crippen LogP contribution in [0.15, 0.2) is 36.9 Å². The normalized spacial score (nSPS) is 15.7. The van der Waals surface area contributed by atoms with E-state index in [9.17, 15) is 4.79 Å². The highest BCUT2D eigenvalue weighted by Gasteiger charge is 2.26. The highest BCUT2D eigenvalue weighted by molar-refractivity contribution is 5.76. The molecule has 0 saturated heterocycles. The summed E-state index contributed by atoms with van der Waals surface area (Å²) in [6.45, 7) is 1.68. The Kier molecular flexibility index (Phi) is 4.55. The lowest BCUT2D eigenvalue weighted by Crippen LogP contribution is -2.36. The number of aromatic nitrogens is 7. The molecule has 1 amide bonds. The predicted molar refractivity (Wildman–Crippen MR) is 116 cm³/mol. The molecule has 1 aromatic carbocycles. The van der Waals surface area contributed by atoms with E-state index in [2.05, 4.69) is 59.9 Å². The number of fused-ring (bicyclic) bond motifs is 3. The minimum Gasteiger partial charge on any atom is -0.365 e. The molecule has 3 aliphatic heterocycles. The van der Waals surface area contributed by atoms with Crippen molar-refractivity contribution in [3.63, 3.8) is 0 Å². The van der Waals surface area contributed by atoms with Crippen LogP contribution in [0.2, 0.25) is 0 Å². The van der Waals surface area contributed by atoms with Gasteiger partial charge in [0.15, 0.2) is 17.3 Å². The van der Waals surface area contributed by atoms with E-state index >= 15 is 0 Å². The molecule has 2 aromatic rings. The van der Waals surface area contributed by atoms with Gasteiger partial charge in [-0.1, -0.05) is 29.5 Å². The first-order chi connectivity index (χ1) is 15.7. The molecule has 0 spiro atoms.